The fourth-order valence-electron chi connectivity index (χ4n) is 2.24. The number of fused-ring (bicyclic) bond motifs is 1. The minimum atomic E-state index is -0.583. The van der Waals surface area contributed by atoms with Crippen LogP contribution in [0.1, 0.15) is 0 Å². The summed E-state index contributed by atoms with van der Waals surface area (Å²) in [5.41, 5.74) is 6.86. The molecule has 0 fully saturated rings. The van der Waals surface area contributed by atoms with E-state index in [4.69, 9.17) is 19.9 Å². The molecule has 0 aliphatic carbocycles. The number of nitrogens with two attached hydrogens (primary N) is 1. The Hall–Kier alpha value is -2.27. The highest BCUT2D eigenvalue weighted by molar-refractivity contribution is 5.78. The maximum absolute atomic E-state index is 13.8. The van der Waals surface area contributed by atoms with Crippen molar-refractivity contribution in [1.82, 2.24) is 0 Å². The summed E-state index contributed by atoms with van der Waals surface area (Å²) in [5, 5.41) is 0. The molecule has 1 aliphatic rings. The summed E-state index contributed by atoms with van der Waals surface area (Å²) < 4.78 is 30.1. The number of benzene rings is 2. The molecule has 0 saturated heterocycles. The smallest absolute Gasteiger partial charge is 0.253 e. The molecule has 0 radical (unpaired) electrons. The average molecular weight is 275 g/mol. The van der Waals surface area contributed by atoms with Gasteiger partial charge in [0.15, 0.2) is 11.5 Å². The number of rotatable bonds is 3. The summed E-state index contributed by atoms with van der Waals surface area (Å²) in [6.45, 7) is 0.196. The van der Waals surface area contributed by atoms with Gasteiger partial charge in [-0.15, -0.1) is 0 Å². The molecule has 2 aromatic rings. The molecule has 104 valence electrons. The molecule has 3 rings (SSSR count). The second kappa shape index (κ2) is 5.02. The lowest BCUT2D eigenvalue weighted by Crippen LogP contribution is -2.28. The molecule has 0 aromatic heterocycles. The van der Waals surface area contributed by atoms with Crippen molar-refractivity contribution in [1.29, 1.82) is 0 Å². The molecule has 20 heavy (non-hydrogen) atoms. The van der Waals surface area contributed by atoms with Gasteiger partial charge in [-0.2, -0.15) is 0 Å². The molecule has 0 bridgehead atoms. The van der Waals surface area contributed by atoms with Gasteiger partial charge in [0.05, 0.1) is 13.7 Å². The number of ether oxygens (including phenoxy) is 3. The van der Waals surface area contributed by atoms with E-state index < -0.39 is 12.1 Å². The van der Waals surface area contributed by atoms with E-state index in [0.29, 0.717) is 22.8 Å². The first-order valence-electron chi connectivity index (χ1n) is 6.23. The quantitative estimate of drug-likeness (QED) is 0.935. The van der Waals surface area contributed by atoms with Gasteiger partial charge >= 0.3 is 0 Å². The number of para-hydroxylation sites is 1. The van der Waals surface area contributed by atoms with Crippen LogP contribution in [0.3, 0.4) is 0 Å². The lowest BCUT2D eigenvalue weighted by atomic mass is 10.0. The van der Waals surface area contributed by atoms with Crippen molar-refractivity contribution in [2.24, 2.45) is 5.73 Å². The predicted molar refractivity (Wildman–Crippen MR) is 72.5 cm³/mol. The molecule has 2 aromatic carbocycles. The molecule has 0 amide bonds. The highest BCUT2D eigenvalue weighted by Gasteiger charge is 2.28. The molecule has 5 heteroatoms. The Balaban J connectivity index is 2.16. The van der Waals surface area contributed by atoms with Gasteiger partial charge in [-0.3, -0.25) is 0 Å². The lowest BCUT2D eigenvalue weighted by molar-refractivity contribution is 0.0582. The van der Waals surface area contributed by atoms with Crippen molar-refractivity contribution < 1.29 is 18.6 Å². The highest BCUT2D eigenvalue weighted by atomic mass is 19.1. The Kier molecular flexibility index (Phi) is 3.20. The second-order valence-corrected chi connectivity index (χ2v) is 4.38. The Morgan fingerprint density at radius 3 is 2.75 bits per heavy atom. The van der Waals surface area contributed by atoms with Crippen LogP contribution in [0.25, 0.3) is 11.1 Å². The zero-order valence-corrected chi connectivity index (χ0v) is 10.9. The van der Waals surface area contributed by atoms with Crippen LogP contribution in [0, 0.1) is 5.82 Å². The Labute approximate surface area is 115 Å². The van der Waals surface area contributed by atoms with E-state index in [1.165, 1.54) is 12.1 Å². The Morgan fingerprint density at radius 1 is 1.20 bits per heavy atom. The van der Waals surface area contributed by atoms with Crippen LogP contribution >= 0.6 is 0 Å². The molecule has 2 N–H and O–H groups in total. The Morgan fingerprint density at radius 2 is 2.00 bits per heavy atom. The summed E-state index contributed by atoms with van der Waals surface area (Å²) in [6, 6.07) is 10.0. The summed E-state index contributed by atoms with van der Waals surface area (Å²) in [5.74, 6) is 1.10. The largest absolute Gasteiger partial charge is 0.496 e. The van der Waals surface area contributed by atoms with E-state index >= 15 is 0 Å². The van der Waals surface area contributed by atoms with Crippen molar-refractivity contribution in [3.8, 4) is 28.4 Å². The van der Waals surface area contributed by atoms with Gasteiger partial charge in [-0.05, 0) is 12.1 Å². The summed E-state index contributed by atoms with van der Waals surface area (Å²) in [6.07, 6.45) is -0.583. The number of hydrogen-bond acceptors (Lipinski definition) is 4. The van der Waals surface area contributed by atoms with Crippen LogP contribution in [0.2, 0.25) is 0 Å². The van der Waals surface area contributed by atoms with Crippen LogP contribution < -0.4 is 19.9 Å². The monoisotopic (exact) mass is 275 g/mol. The van der Waals surface area contributed by atoms with E-state index in [9.17, 15) is 4.39 Å². The minimum Gasteiger partial charge on any atom is -0.496 e. The molecule has 1 atom stereocenters. The molecule has 0 saturated carbocycles. The number of hydrogen-bond donors (Lipinski definition) is 1. The topological polar surface area (TPSA) is 53.7 Å². The highest BCUT2D eigenvalue weighted by Crippen LogP contribution is 2.45. The van der Waals surface area contributed by atoms with Crippen molar-refractivity contribution in [3.05, 3.63) is 42.2 Å². The predicted octanol–water partition coefficient (Wildman–Crippen LogP) is 2.56. The third-order valence-electron chi connectivity index (χ3n) is 3.12. The van der Waals surface area contributed by atoms with E-state index in [-0.39, 0.29) is 6.54 Å². The molecule has 1 unspecified atom stereocenters. The van der Waals surface area contributed by atoms with Gasteiger partial charge in [0.2, 0.25) is 0 Å². The molecular weight excluding hydrogens is 261 g/mol. The van der Waals surface area contributed by atoms with E-state index in [1.807, 2.05) is 24.3 Å². The van der Waals surface area contributed by atoms with Crippen LogP contribution in [0.15, 0.2) is 36.4 Å². The average Bonchev–Trinajstić information content (AvgIpc) is 2.89. The first-order valence-corrected chi connectivity index (χ1v) is 6.23. The second-order valence-electron chi connectivity index (χ2n) is 4.38. The van der Waals surface area contributed by atoms with Crippen molar-refractivity contribution in [2.45, 2.75) is 6.29 Å². The van der Waals surface area contributed by atoms with E-state index in [0.717, 1.165) is 5.56 Å². The maximum Gasteiger partial charge on any atom is 0.253 e. The minimum absolute atomic E-state index is 0.196. The zero-order chi connectivity index (χ0) is 14.1. The fraction of sp³-hybridized carbons (Fsp3) is 0.200. The van der Waals surface area contributed by atoms with Crippen molar-refractivity contribution >= 4 is 0 Å². The van der Waals surface area contributed by atoms with Crippen LogP contribution in [-0.4, -0.2) is 19.9 Å². The van der Waals surface area contributed by atoms with E-state index in [1.54, 1.807) is 7.11 Å². The van der Waals surface area contributed by atoms with E-state index in [2.05, 4.69) is 0 Å². The van der Waals surface area contributed by atoms with Crippen LogP contribution in [-0.2, 0) is 0 Å². The number of methoxy groups -OCH3 is 1. The van der Waals surface area contributed by atoms with Gasteiger partial charge in [0, 0.05) is 17.2 Å². The molecule has 0 spiro atoms. The summed E-state index contributed by atoms with van der Waals surface area (Å²) in [4.78, 5) is 0. The SMILES string of the molecule is COc1ccccc1-c1cc(F)cc2c1OC(CN)O2. The Bertz CT molecular complexity index is 645. The maximum atomic E-state index is 13.8. The van der Waals surface area contributed by atoms with Crippen LogP contribution in [0.4, 0.5) is 4.39 Å². The number of halogens is 1. The zero-order valence-electron chi connectivity index (χ0n) is 10.9. The molecule has 1 aliphatic heterocycles. The van der Waals surface area contributed by atoms with Gasteiger partial charge in [-0.1, -0.05) is 18.2 Å². The molecule has 1 heterocycles. The van der Waals surface area contributed by atoms with Gasteiger partial charge in [-0.25, -0.2) is 4.39 Å². The van der Waals surface area contributed by atoms with Crippen LogP contribution in [0.5, 0.6) is 17.2 Å². The van der Waals surface area contributed by atoms with Gasteiger partial charge in [0.1, 0.15) is 11.6 Å². The lowest BCUT2D eigenvalue weighted by Gasteiger charge is -2.11. The van der Waals surface area contributed by atoms with Crippen molar-refractivity contribution in [2.75, 3.05) is 13.7 Å². The third-order valence-corrected chi connectivity index (χ3v) is 3.12. The van der Waals surface area contributed by atoms with Gasteiger partial charge < -0.3 is 19.9 Å². The normalized spacial score (nSPS) is 16.2. The standard InChI is InChI=1S/C15H14FNO3/c1-18-12-5-3-2-4-10(12)11-6-9(16)7-13-15(11)20-14(8-17)19-13/h2-7,14H,8,17H2,1H3. The fourth-order valence-corrected chi connectivity index (χ4v) is 2.24. The third kappa shape index (κ3) is 2.06. The summed E-state index contributed by atoms with van der Waals surface area (Å²) >= 11 is 0. The summed E-state index contributed by atoms with van der Waals surface area (Å²) in [7, 11) is 1.57. The first kappa shape index (κ1) is 12.7. The van der Waals surface area contributed by atoms with Crippen molar-refractivity contribution in [3.63, 3.8) is 0 Å². The first-order chi connectivity index (χ1) is 9.72. The van der Waals surface area contributed by atoms with Gasteiger partial charge in [0.25, 0.3) is 6.29 Å². The molecular formula is C15H14FNO3. The molecule has 4 nitrogen and oxygen atoms in total.